The molecule has 0 radical (unpaired) electrons. The minimum Gasteiger partial charge on any atom is -0.379 e. The molecule has 3 aromatic heterocycles. The summed E-state index contributed by atoms with van der Waals surface area (Å²) < 4.78 is 1.25. The zero-order valence-electron chi connectivity index (χ0n) is 14.3. The van der Waals surface area contributed by atoms with Crippen molar-refractivity contribution in [1.82, 2.24) is 4.98 Å². The van der Waals surface area contributed by atoms with Crippen molar-refractivity contribution in [2.45, 2.75) is 57.4 Å². The molecule has 5 heteroatoms. The number of fused-ring (bicyclic) bond motifs is 1. The van der Waals surface area contributed by atoms with E-state index in [0.717, 1.165) is 17.7 Å². The van der Waals surface area contributed by atoms with Crippen LogP contribution in [0.15, 0.2) is 29.6 Å². The van der Waals surface area contributed by atoms with E-state index in [4.69, 9.17) is 11.6 Å². The summed E-state index contributed by atoms with van der Waals surface area (Å²) in [5.41, 5.74) is 2.16. The second-order valence-corrected chi connectivity index (χ2v) is 9.33. The van der Waals surface area contributed by atoms with Crippen LogP contribution >= 0.6 is 34.3 Å². The molecule has 0 spiro atoms. The SMILES string of the molecule is Clc1cc(NCc2cccs2)c2sc(C3CCCCCCC3)cc2n1. The van der Waals surface area contributed by atoms with Crippen molar-refractivity contribution in [3.8, 4) is 0 Å². The van der Waals surface area contributed by atoms with Crippen LogP contribution in [-0.2, 0) is 6.54 Å². The summed E-state index contributed by atoms with van der Waals surface area (Å²) >= 11 is 9.97. The molecule has 4 rings (SSSR count). The minimum absolute atomic E-state index is 0.572. The van der Waals surface area contributed by atoms with Gasteiger partial charge >= 0.3 is 0 Å². The Labute approximate surface area is 162 Å². The maximum absolute atomic E-state index is 6.28. The molecule has 0 aromatic carbocycles. The fourth-order valence-electron chi connectivity index (χ4n) is 3.68. The van der Waals surface area contributed by atoms with E-state index in [9.17, 15) is 0 Å². The highest BCUT2D eigenvalue weighted by atomic mass is 35.5. The third-order valence-electron chi connectivity index (χ3n) is 5.01. The fourth-order valence-corrected chi connectivity index (χ4v) is 5.78. The molecule has 3 heterocycles. The molecule has 132 valence electrons. The van der Waals surface area contributed by atoms with E-state index in [2.05, 4.69) is 33.9 Å². The lowest BCUT2D eigenvalue weighted by molar-refractivity contribution is 0.460. The quantitative estimate of drug-likeness (QED) is 0.468. The van der Waals surface area contributed by atoms with Crippen molar-refractivity contribution in [3.05, 3.63) is 44.6 Å². The summed E-state index contributed by atoms with van der Waals surface area (Å²) in [5, 5.41) is 6.25. The number of anilines is 1. The van der Waals surface area contributed by atoms with Gasteiger partial charge in [-0.2, -0.15) is 0 Å². The number of aromatic nitrogens is 1. The second-order valence-electron chi connectivity index (χ2n) is 6.83. The van der Waals surface area contributed by atoms with Gasteiger partial charge in [-0.3, -0.25) is 0 Å². The predicted octanol–water partition coefficient (Wildman–Crippen LogP) is 7.45. The molecule has 1 saturated carbocycles. The number of hydrogen-bond donors (Lipinski definition) is 1. The molecule has 1 aliphatic carbocycles. The number of halogens is 1. The minimum atomic E-state index is 0.572. The smallest absolute Gasteiger partial charge is 0.131 e. The maximum Gasteiger partial charge on any atom is 0.131 e. The average molecular weight is 391 g/mol. The highest BCUT2D eigenvalue weighted by molar-refractivity contribution is 7.19. The molecule has 0 aliphatic heterocycles. The van der Waals surface area contributed by atoms with Crippen molar-refractivity contribution >= 4 is 50.2 Å². The van der Waals surface area contributed by atoms with Gasteiger partial charge < -0.3 is 5.32 Å². The van der Waals surface area contributed by atoms with Crippen LogP contribution in [0.4, 0.5) is 5.69 Å². The van der Waals surface area contributed by atoms with Crippen LogP contribution in [-0.4, -0.2) is 4.98 Å². The van der Waals surface area contributed by atoms with Gasteiger partial charge in [0, 0.05) is 22.4 Å². The van der Waals surface area contributed by atoms with Gasteiger partial charge in [-0.25, -0.2) is 4.98 Å². The first-order chi connectivity index (χ1) is 12.3. The van der Waals surface area contributed by atoms with Gasteiger partial charge in [-0.1, -0.05) is 49.8 Å². The lowest BCUT2D eigenvalue weighted by atomic mass is 9.90. The standard InChI is InChI=1S/C20H23ClN2S2/c21-19-12-16(22-13-15-9-6-10-24-15)20-17(23-19)11-18(25-20)14-7-4-2-1-3-5-8-14/h6,9-12,14H,1-5,7-8,13H2,(H,22,23). The lowest BCUT2D eigenvalue weighted by Crippen LogP contribution is -2.00. The monoisotopic (exact) mass is 390 g/mol. The van der Waals surface area contributed by atoms with Gasteiger partial charge in [0.1, 0.15) is 5.15 Å². The van der Waals surface area contributed by atoms with Crippen molar-refractivity contribution in [1.29, 1.82) is 0 Å². The molecule has 0 saturated heterocycles. The van der Waals surface area contributed by atoms with E-state index in [-0.39, 0.29) is 0 Å². The number of pyridine rings is 1. The molecule has 0 unspecified atom stereocenters. The number of thiophene rings is 2. The Morgan fingerprint density at radius 3 is 2.68 bits per heavy atom. The Morgan fingerprint density at radius 1 is 1.12 bits per heavy atom. The third-order valence-corrected chi connectivity index (χ3v) is 7.40. The van der Waals surface area contributed by atoms with Gasteiger partial charge in [0.15, 0.2) is 0 Å². The maximum atomic E-state index is 6.28. The highest BCUT2D eigenvalue weighted by Gasteiger charge is 2.18. The van der Waals surface area contributed by atoms with Crippen LogP contribution in [0.2, 0.25) is 5.15 Å². The first kappa shape index (κ1) is 17.3. The summed E-state index contributed by atoms with van der Waals surface area (Å²) in [4.78, 5) is 7.40. The number of hydrogen-bond acceptors (Lipinski definition) is 4. The number of nitrogens with zero attached hydrogens (tertiary/aromatic N) is 1. The fraction of sp³-hybridized carbons (Fsp3) is 0.450. The molecule has 2 nitrogen and oxygen atoms in total. The van der Waals surface area contributed by atoms with Crippen LogP contribution < -0.4 is 5.32 Å². The molecule has 1 fully saturated rings. The predicted molar refractivity (Wildman–Crippen MR) is 111 cm³/mol. The van der Waals surface area contributed by atoms with Crippen LogP contribution in [0, 0.1) is 0 Å². The zero-order chi connectivity index (χ0) is 17.1. The van der Waals surface area contributed by atoms with Gasteiger partial charge in [0.2, 0.25) is 0 Å². The lowest BCUT2D eigenvalue weighted by Gasteiger charge is -2.18. The zero-order valence-corrected chi connectivity index (χ0v) is 16.7. The third kappa shape index (κ3) is 4.18. The molecule has 0 amide bonds. The Kier molecular flexibility index (Phi) is 5.59. The summed E-state index contributed by atoms with van der Waals surface area (Å²) in [6.45, 7) is 0.837. The number of rotatable bonds is 4. The van der Waals surface area contributed by atoms with Crippen LogP contribution in [0.25, 0.3) is 10.2 Å². The van der Waals surface area contributed by atoms with Crippen LogP contribution in [0.1, 0.15) is 60.6 Å². The second kappa shape index (κ2) is 8.07. The largest absolute Gasteiger partial charge is 0.379 e. The summed E-state index contributed by atoms with van der Waals surface area (Å²) in [7, 11) is 0. The normalized spacial score (nSPS) is 16.7. The Morgan fingerprint density at radius 2 is 1.92 bits per heavy atom. The van der Waals surface area contributed by atoms with Gasteiger partial charge in [-0.05, 0) is 36.3 Å². The van der Waals surface area contributed by atoms with Crippen LogP contribution in [0.5, 0.6) is 0 Å². The number of nitrogens with one attached hydrogen (secondary N) is 1. The van der Waals surface area contributed by atoms with Crippen molar-refractivity contribution in [2.75, 3.05) is 5.32 Å². The van der Waals surface area contributed by atoms with E-state index in [1.807, 2.05) is 17.4 Å². The average Bonchev–Trinajstić information content (AvgIpc) is 3.21. The van der Waals surface area contributed by atoms with Gasteiger partial charge in [0.05, 0.1) is 15.9 Å². The first-order valence-corrected chi connectivity index (χ1v) is 11.2. The molecule has 0 bridgehead atoms. The Bertz CT molecular complexity index is 818. The molecule has 0 atom stereocenters. The van der Waals surface area contributed by atoms with Gasteiger partial charge in [-0.15, -0.1) is 22.7 Å². The van der Waals surface area contributed by atoms with E-state index in [1.165, 1.54) is 59.4 Å². The Hall–Kier alpha value is -1.10. The summed E-state index contributed by atoms with van der Waals surface area (Å²) in [6, 6.07) is 8.51. The highest BCUT2D eigenvalue weighted by Crippen LogP contribution is 2.40. The van der Waals surface area contributed by atoms with E-state index in [0.29, 0.717) is 11.1 Å². The molecular weight excluding hydrogens is 368 g/mol. The molecular formula is C20H23ClN2S2. The molecule has 3 aromatic rings. The summed E-state index contributed by atoms with van der Waals surface area (Å²) in [6.07, 6.45) is 9.54. The van der Waals surface area contributed by atoms with E-state index >= 15 is 0 Å². The van der Waals surface area contributed by atoms with E-state index in [1.54, 1.807) is 11.3 Å². The van der Waals surface area contributed by atoms with Crippen molar-refractivity contribution < 1.29 is 0 Å². The van der Waals surface area contributed by atoms with E-state index < -0.39 is 0 Å². The summed E-state index contributed by atoms with van der Waals surface area (Å²) in [5.74, 6) is 0.698. The van der Waals surface area contributed by atoms with Crippen molar-refractivity contribution in [2.24, 2.45) is 0 Å². The molecule has 1 N–H and O–H groups in total. The van der Waals surface area contributed by atoms with Gasteiger partial charge in [0.25, 0.3) is 0 Å². The molecule has 1 aliphatic rings. The van der Waals surface area contributed by atoms with Crippen molar-refractivity contribution in [3.63, 3.8) is 0 Å². The Balaban J connectivity index is 1.61. The first-order valence-electron chi connectivity index (χ1n) is 9.16. The molecule has 25 heavy (non-hydrogen) atoms. The van der Waals surface area contributed by atoms with Crippen LogP contribution in [0.3, 0.4) is 0 Å². The topological polar surface area (TPSA) is 24.9 Å².